The second kappa shape index (κ2) is 3.75. The Balaban J connectivity index is 2.19. The van der Waals surface area contributed by atoms with Crippen LogP contribution in [0.2, 0.25) is 0 Å². The molecular weight excluding hydrogens is 142 g/mol. The molecule has 0 atom stereocenters. The van der Waals surface area contributed by atoms with Gasteiger partial charge in [0.25, 0.3) is 0 Å². The van der Waals surface area contributed by atoms with Gasteiger partial charge in [0, 0.05) is 25.9 Å². The highest BCUT2D eigenvalue weighted by molar-refractivity contribution is 5.72. The fourth-order valence-electron chi connectivity index (χ4n) is 0.779. The van der Waals surface area contributed by atoms with Crippen molar-refractivity contribution in [1.82, 2.24) is 15.1 Å². The Kier molecular flexibility index (Phi) is 2.66. The maximum absolute atomic E-state index is 10.4. The second-order valence-electron chi connectivity index (χ2n) is 2.25. The summed E-state index contributed by atoms with van der Waals surface area (Å²) in [6.07, 6.45) is 3.58. The van der Waals surface area contributed by atoms with Crippen LogP contribution >= 0.6 is 0 Å². The Morgan fingerprint density at radius 3 is 3.09 bits per heavy atom. The minimum Gasteiger partial charge on any atom is -0.354 e. The zero-order chi connectivity index (χ0) is 8.10. The molecule has 1 aromatic rings. The fraction of sp³-hybridized carbons (Fsp3) is 0.429. The van der Waals surface area contributed by atoms with Gasteiger partial charge in [-0.3, -0.25) is 9.48 Å². The first-order valence-electron chi connectivity index (χ1n) is 3.51. The van der Waals surface area contributed by atoms with Crippen LogP contribution in [0.3, 0.4) is 0 Å². The largest absolute Gasteiger partial charge is 0.354 e. The molecule has 1 aromatic heterocycles. The number of carbonyl (C=O) groups excluding carboxylic acids is 1. The quantitative estimate of drug-likeness (QED) is 0.665. The summed E-state index contributed by atoms with van der Waals surface area (Å²) in [4.78, 5) is 10.4. The predicted octanol–water partition coefficient (Wildman–Crippen LogP) is 0.0192. The normalized spacial score (nSPS) is 9.55. The smallest absolute Gasteiger partial charge is 0.216 e. The molecule has 0 saturated heterocycles. The van der Waals surface area contributed by atoms with E-state index in [0.717, 1.165) is 6.54 Å². The van der Waals surface area contributed by atoms with Crippen molar-refractivity contribution < 1.29 is 4.79 Å². The summed E-state index contributed by atoms with van der Waals surface area (Å²) >= 11 is 0. The number of rotatable bonds is 3. The molecule has 1 N–H and O–H groups in total. The van der Waals surface area contributed by atoms with Crippen LogP contribution in [0.15, 0.2) is 18.5 Å². The molecule has 0 aliphatic carbocycles. The average molecular weight is 153 g/mol. The number of aromatic nitrogens is 2. The van der Waals surface area contributed by atoms with Crippen molar-refractivity contribution in [3.63, 3.8) is 0 Å². The van der Waals surface area contributed by atoms with E-state index in [9.17, 15) is 4.79 Å². The molecule has 0 aliphatic heterocycles. The maximum Gasteiger partial charge on any atom is 0.216 e. The molecule has 1 rings (SSSR count). The molecule has 0 aromatic carbocycles. The number of amides is 1. The maximum atomic E-state index is 10.4. The van der Waals surface area contributed by atoms with Gasteiger partial charge in [-0.1, -0.05) is 0 Å². The average Bonchev–Trinajstić information content (AvgIpc) is 2.39. The van der Waals surface area contributed by atoms with Crippen molar-refractivity contribution in [1.29, 1.82) is 0 Å². The minimum atomic E-state index is -0.00263. The van der Waals surface area contributed by atoms with Crippen LogP contribution in [0.1, 0.15) is 6.92 Å². The summed E-state index contributed by atoms with van der Waals surface area (Å²) in [6, 6.07) is 1.85. The molecule has 4 heteroatoms. The number of nitrogens with zero attached hydrogens (tertiary/aromatic N) is 2. The van der Waals surface area contributed by atoms with Crippen LogP contribution in [-0.2, 0) is 11.3 Å². The van der Waals surface area contributed by atoms with Gasteiger partial charge in [-0.15, -0.1) is 0 Å². The van der Waals surface area contributed by atoms with Crippen LogP contribution in [0.4, 0.5) is 0 Å². The molecule has 4 nitrogen and oxygen atoms in total. The van der Waals surface area contributed by atoms with E-state index < -0.39 is 0 Å². The lowest BCUT2D eigenvalue weighted by atomic mass is 10.6. The molecule has 60 valence electrons. The molecule has 0 saturated carbocycles. The highest BCUT2D eigenvalue weighted by Crippen LogP contribution is 1.81. The van der Waals surface area contributed by atoms with Gasteiger partial charge in [0.1, 0.15) is 0 Å². The lowest BCUT2D eigenvalue weighted by Crippen LogP contribution is -2.24. The zero-order valence-corrected chi connectivity index (χ0v) is 6.45. The molecule has 1 amide bonds. The third-order valence-corrected chi connectivity index (χ3v) is 1.27. The molecule has 11 heavy (non-hydrogen) atoms. The molecule has 0 radical (unpaired) electrons. The Labute approximate surface area is 65.2 Å². The van der Waals surface area contributed by atoms with E-state index in [2.05, 4.69) is 10.4 Å². The van der Waals surface area contributed by atoms with E-state index >= 15 is 0 Å². The SMILES string of the molecule is CC(=O)NCCn1cccn1. The van der Waals surface area contributed by atoms with Crippen LogP contribution in [0, 0.1) is 0 Å². The summed E-state index contributed by atoms with van der Waals surface area (Å²) in [5, 5.41) is 6.66. The third-order valence-electron chi connectivity index (χ3n) is 1.27. The van der Waals surface area contributed by atoms with Crippen molar-refractivity contribution in [3.05, 3.63) is 18.5 Å². The number of hydrogen-bond donors (Lipinski definition) is 1. The van der Waals surface area contributed by atoms with E-state index in [1.807, 2.05) is 12.3 Å². The van der Waals surface area contributed by atoms with Gasteiger partial charge in [-0.2, -0.15) is 5.10 Å². The summed E-state index contributed by atoms with van der Waals surface area (Å²) in [5.41, 5.74) is 0. The summed E-state index contributed by atoms with van der Waals surface area (Å²) in [5.74, 6) is -0.00263. The van der Waals surface area contributed by atoms with Crippen molar-refractivity contribution in [2.75, 3.05) is 6.54 Å². The topological polar surface area (TPSA) is 46.9 Å². The van der Waals surface area contributed by atoms with Crippen molar-refractivity contribution >= 4 is 5.91 Å². The van der Waals surface area contributed by atoms with Gasteiger partial charge < -0.3 is 5.32 Å². The molecular formula is C7H11N3O. The number of carbonyl (C=O) groups is 1. The van der Waals surface area contributed by atoms with Gasteiger partial charge in [-0.05, 0) is 6.07 Å². The molecule has 0 fully saturated rings. The molecule has 0 spiro atoms. The van der Waals surface area contributed by atoms with E-state index in [1.165, 1.54) is 6.92 Å². The van der Waals surface area contributed by atoms with Gasteiger partial charge >= 0.3 is 0 Å². The van der Waals surface area contributed by atoms with Crippen LogP contribution in [0.25, 0.3) is 0 Å². The fourth-order valence-corrected chi connectivity index (χ4v) is 0.779. The molecule has 1 heterocycles. The third kappa shape index (κ3) is 2.84. The van der Waals surface area contributed by atoms with E-state index in [1.54, 1.807) is 10.9 Å². The summed E-state index contributed by atoms with van der Waals surface area (Å²) in [6.45, 7) is 2.87. The zero-order valence-electron chi connectivity index (χ0n) is 6.45. The van der Waals surface area contributed by atoms with Crippen molar-refractivity contribution in [2.24, 2.45) is 0 Å². The van der Waals surface area contributed by atoms with Gasteiger partial charge in [0.15, 0.2) is 0 Å². The monoisotopic (exact) mass is 153 g/mol. The number of hydrogen-bond acceptors (Lipinski definition) is 2. The predicted molar refractivity (Wildman–Crippen MR) is 40.9 cm³/mol. The minimum absolute atomic E-state index is 0.00263. The second-order valence-corrected chi connectivity index (χ2v) is 2.25. The van der Waals surface area contributed by atoms with Gasteiger partial charge in [-0.25, -0.2) is 0 Å². The van der Waals surface area contributed by atoms with Crippen LogP contribution in [0.5, 0.6) is 0 Å². The summed E-state index contributed by atoms with van der Waals surface area (Å²) in [7, 11) is 0. The number of nitrogens with one attached hydrogen (secondary N) is 1. The lowest BCUT2D eigenvalue weighted by Gasteiger charge is -2.00. The Bertz CT molecular complexity index is 218. The van der Waals surface area contributed by atoms with Crippen molar-refractivity contribution in [3.8, 4) is 0 Å². The van der Waals surface area contributed by atoms with E-state index in [4.69, 9.17) is 0 Å². The highest BCUT2D eigenvalue weighted by Gasteiger charge is 1.91. The van der Waals surface area contributed by atoms with Gasteiger partial charge in [0.2, 0.25) is 5.91 Å². The van der Waals surface area contributed by atoms with Crippen LogP contribution < -0.4 is 5.32 Å². The van der Waals surface area contributed by atoms with Gasteiger partial charge in [0.05, 0.1) is 6.54 Å². The van der Waals surface area contributed by atoms with Crippen molar-refractivity contribution in [2.45, 2.75) is 13.5 Å². The summed E-state index contributed by atoms with van der Waals surface area (Å²) < 4.78 is 1.77. The first kappa shape index (κ1) is 7.78. The Morgan fingerprint density at radius 2 is 2.55 bits per heavy atom. The standard InChI is InChI=1S/C7H11N3O/c1-7(11)8-4-6-10-5-2-3-9-10/h2-3,5H,4,6H2,1H3,(H,8,11). The Morgan fingerprint density at radius 1 is 1.73 bits per heavy atom. The Hall–Kier alpha value is -1.32. The first-order valence-corrected chi connectivity index (χ1v) is 3.51. The molecule has 0 bridgehead atoms. The highest BCUT2D eigenvalue weighted by atomic mass is 16.1. The lowest BCUT2D eigenvalue weighted by molar-refractivity contribution is -0.118. The molecule has 0 aliphatic rings. The molecule has 0 unspecified atom stereocenters. The van der Waals surface area contributed by atoms with Crippen LogP contribution in [-0.4, -0.2) is 22.2 Å². The first-order chi connectivity index (χ1) is 5.29. The van der Waals surface area contributed by atoms with E-state index in [0.29, 0.717) is 6.54 Å². The van der Waals surface area contributed by atoms with E-state index in [-0.39, 0.29) is 5.91 Å².